The maximum atomic E-state index is 12.3. The van der Waals surface area contributed by atoms with Crippen LogP contribution < -0.4 is 5.32 Å². The first-order valence-corrected chi connectivity index (χ1v) is 8.69. The molecule has 3 nitrogen and oxygen atoms in total. The number of thioether (sulfide) groups is 1. The van der Waals surface area contributed by atoms with Gasteiger partial charge in [-0.1, -0.05) is 26.7 Å². The SMILES string of the molecule is CCCC1NC(CCC)N(CCCCSC)C1=O. The molecular weight excluding hydrogens is 244 g/mol. The molecule has 1 rings (SSSR count). The van der Waals surface area contributed by atoms with Crippen LogP contribution in [0.5, 0.6) is 0 Å². The third-order valence-corrected chi connectivity index (χ3v) is 4.18. The largest absolute Gasteiger partial charge is 0.326 e. The first kappa shape index (κ1) is 15.8. The predicted molar refractivity (Wildman–Crippen MR) is 79.9 cm³/mol. The summed E-state index contributed by atoms with van der Waals surface area (Å²) in [4.78, 5) is 14.4. The van der Waals surface area contributed by atoms with Crippen molar-refractivity contribution in [3.63, 3.8) is 0 Å². The minimum Gasteiger partial charge on any atom is -0.326 e. The lowest BCUT2D eigenvalue weighted by Gasteiger charge is -2.23. The Morgan fingerprint density at radius 3 is 2.56 bits per heavy atom. The van der Waals surface area contributed by atoms with Crippen LogP contribution in [0.25, 0.3) is 0 Å². The van der Waals surface area contributed by atoms with Crippen molar-refractivity contribution in [1.82, 2.24) is 10.2 Å². The van der Waals surface area contributed by atoms with Gasteiger partial charge >= 0.3 is 0 Å². The molecule has 0 aromatic heterocycles. The van der Waals surface area contributed by atoms with Gasteiger partial charge in [0.2, 0.25) is 5.91 Å². The van der Waals surface area contributed by atoms with Gasteiger partial charge in [0.1, 0.15) is 0 Å². The lowest BCUT2D eigenvalue weighted by molar-refractivity contribution is -0.130. The van der Waals surface area contributed by atoms with Gasteiger partial charge in [-0.3, -0.25) is 10.1 Å². The standard InChI is InChI=1S/C14H28N2OS/c1-4-8-12-14(17)16(10-6-7-11-18-3)13(15-12)9-5-2/h12-13,15H,4-11H2,1-3H3. The molecule has 0 saturated carbocycles. The van der Waals surface area contributed by atoms with Gasteiger partial charge in [0.15, 0.2) is 0 Å². The molecule has 0 aliphatic carbocycles. The van der Waals surface area contributed by atoms with Crippen LogP contribution in [0.15, 0.2) is 0 Å². The van der Waals surface area contributed by atoms with E-state index >= 15 is 0 Å². The molecule has 1 amide bonds. The van der Waals surface area contributed by atoms with E-state index < -0.39 is 0 Å². The zero-order valence-corrected chi connectivity index (χ0v) is 12.9. The van der Waals surface area contributed by atoms with Crippen molar-refractivity contribution in [2.24, 2.45) is 0 Å². The summed E-state index contributed by atoms with van der Waals surface area (Å²) >= 11 is 1.89. The smallest absolute Gasteiger partial charge is 0.241 e. The van der Waals surface area contributed by atoms with Crippen LogP contribution in [0, 0.1) is 0 Å². The van der Waals surface area contributed by atoms with Crippen LogP contribution >= 0.6 is 11.8 Å². The molecule has 106 valence electrons. The number of rotatable bonds is 9. The van der Waals surface area contributed by atoms with E-state index in [1.54, 1.807) is 0 Å². The summed E-state index contributed by atoms with van der Waals surface area (Å²) in [6.45, 7) is 5.26. The molecule has 0 spiro atoms. The lowest BCUT2D eigenvalue weighted by atomic mass is 10.1. The Morgan fingerprint density at radius 2 is 1.94 bits per heavy atom. The molecule has 0 radical (unpaired) electrons. The van der Waals surface area contributed by atoms with Crippen molar-refractivity contribution in [1.29, 1.82) is 0 Å². The summed E-state index contributed by atoms with van der Waals surface area (Å²) in [5.74, 6) is 1.53. The zero-order valence-electron chi connectivity index (χ0n) is 12.1. The monoisotopic (exact) mass is 272 g/mol. The molecule has 0 bridgehead atoms. The lowest BCUT2D eigenvalue weighted by Crippen LogP contribution is -2.37. The van der Waals surface area contributed by atoms with E-state index in [1.807, 2.05) is 11.8 Å². The molecular formula is C14H28N2OS. The number of hydrogen-bond donors (Lipinski definition) is 1. The van der Waals surface area contributed by atoms with Crippen molar-refractivity contribution in [3.8, 4) is 0 Å². The minimum atomic E-state index is 0.0760. The Balaban J connectivity index is 2.46. The molecule has 0 aromatic rings. The van der Waals surface area contributed by atoms with E-state index in [0.29, 0.717) is 5.91 Å². The number of unbranched alkanes of at least 4 members (excludes halogenated alkanes) is 1. The molecule has 18 heavy (non-hydrogen) atoms. The van der Waals surface area contributed by atoms with Gasteiger partial charge < -0.3 is 4.90 Å². The fraction of sp³-hybridized carbons (Fsp3) is 0.929. The summed E-state index contributed by atoms with van der Waals surface area (Å²) in [7, 11) is 0. The Bertz CT molecular complexity index is 248. The van der Waals surface area contributed by atoms with Crippen LogP contribution in [-0.4, -0.2) is 41.6 Å². The number of hydrogen-bond acceptors (Lipinski definition) is 3. The van der Waals surface area contributed by atoms with Crippen LogP contribution in [0.1, 0.15) is 52.4 Å². The van der Waals surface area contributed by atoms with E-state index in [1.165, 1.54) is 12.2 Å². The molecule has 1 fully saturated rings. The zero-order chi connectivity index (χ0) is 13.4. The number of nitrogens with zero attached hydrogens (tertiary/aromatic N) is 1. The third-order valence-electron chi connectivity index (χ3n) is 3.49. The molecule has 1 aliphatic heterocycles. The van der Waals surface area contributed by atoms with Gasteiger partial charge in [-0.2, -0.15) is 11.8 Å². The van der Waals surface area contributed by atoms with Crippen LogP contribution in [0.2, 0.25) is 0 Å². The maximum absolute atomic E-state index is 12.3. The molecule has 2 unspecified atom stereocenters. The van der Waals surface area contributed by atoms with E-state index in [0.717, 1.165) is 38.6 Å². The molecule has 1 N–H and O–H groups in total. The highest BCUT2D eigenvalue weighted by molar-refractivity contribution is 7.98. The summed E-state index contributed by atoms with van der Waals surface area (Å²) < 4.78 is 0. The van der Waals surface area contributed by atoms with Gasteiger partial charge in [0.25, 0.3) is 0 Å². The highest BCUT2D eigenvalue weighted by Gasteiger charge is 2.36. The Labute approximate surface area is 116 Å². The van der Waals surface area contributed by atoms with Gasteiger partial charge in [-0.05, 0) is 37.7 Å². The van der Waals surface area contributed by atoms with Crippen LogP contribution in [-0.2, 0) is 4.79 Å². The van der Waals surface area contributed by atoms with Crippen molar-refractivity contribution in [3.05, 3.63) is 0 Å². The number of amides is 1. The van der Waals surface area contributed by atoms with Gasteiger partial charge in [0, 0.05) is 6.54 Å². The predicted octanol–water partition coefficient (Wildman–Crippen LogP) is 2.86. The van der Waals surface area contributed by atoms with Crippen molar-refractivity contribution < 1.29 is 4.79 Å². The number of carbonyl (C=O) groups excluding carboxylic acids is 1. The molecule has 1 aliphatic rings. The van der Waals surface area contributed by atoms with E-state index in [9.17, 15) is 4.79 Å². The van der Waals surface area contributed by atoms with Crippen molar-refractivity contribution >= 4 is 17.7 Å². The molecule has 2 atom stereocenters. The number of carbonyl (C=O) groups is 1. The van der Waals surface area contributed by atoms with Crippen LogP contribution in [0.4, 0.5) is 0 Å². The van der Waals surface area contributed by atoms with Gasteiger partial charge in [-0.15, -0.1) is 0 Å². The summed E-state index contributed by atoms with van der Waals surface area (Å²) in [5, 5.41) is 3.50. The van der Waals surface area contributed by atoms with E-state index in [2.05, 4.69) is 30.3 Å². The molecule has 1 heterocycles. The first-order chi connectivity index (χ1) is 8.74. The number of nitrogens with one attached hydrogen (secondary N) is 1. The summed E-state index contributed by atoms with van der Waals surface area (Å²) in [6.07, 6.45) is 9.02. The fourth-order valence-electron chi connectivity index (χ4n) is 2.55. The maximum Gasteiger partial charge on any atom is 0.241 e. The molecule has 1 saturated heterocycles. The highest BCUT2D eigenvalue weighted by Crippen LogP contribution is 2.19. The van der Waals surface area contributed by atoms with Crippen molar-refractivity contribution in [2.45, 2.75) is 64.6 Å². The van der Waals surface area contributed by atoms with Crippen molar-refractivity contribution in [2.75, 3.05) is 18.6 Å². The fourth-order valence-corrected chi connectivity index (χ4v) is 3.04. The van der Waals surface area contributed by atoms with E-state index in [-0.39, 0.29) is 12.2 Å². The second-order valence-electron chi connectivity index (χ2n) is 5.04. The second-order valence-corrected chi connectivity index (χ2v) is 6.03. The second kappa shape index (κ2) is 8.81. The van der Waals surface area contributed by atoms with Crippen LogP contribution in [0.3, 0.4) is 0 Å². The third kappa shape index (κ3) is 4.47. The minimum absolute atomic E-state index is 0.0760. The van der Waals surface area contributed by atoms with Gasteiger partial charge in [-0.25, -0.2) is 0 Å². The topological polar surface area (TPSA) is 32.3 Å². The molecule has 0 aromatic carbocycles. The Morgan fingerprint density at radius 1 is 1.22 bits per heavy atom. The Hall–Kier alpha value is -0.220. The van der Waals surface area contributed by atoms with E-state index in [4.69, 9.17) is 0 Å². The highest BCUT2D eigenvalue weighted by atomic mass is 32.2. The summed E-state index contributed by atoms with van der Waals surface area (Å²) in [6, 6.07) is 0.0760. The average Bonchev–Trinajstić information content (AvgIpc) is 2.64. The average molecular weight is 272 g/mol. The van der Waals surface area contributed by atoms with Gasteiger partial charge in [0.05, 0.1) is 12.2 Å². The first-order valence-electron chi connectivity index (χ1n) is 7.30. The summed E-state index contributed by atoms with van der Waals surface area (Å²) in [5.41, 5.74) is 0. The quantitative estimate of drug-likeness (QED) is 0.655. The Kier molecular flexibility index (Phi) is 7.75. The normalized spacial score (nSPS) is 23.9. The molecule has 4 heteroatoms.